The van der Waals surface area contributed by atoms with Gasteiger partial charge in [0.25, 0.3) is 10.0 Å². The molecule has 0 aliphatic rings. The van der Waals surface area contributed by atoms with Gasteiger partial charge in [-0.2, -0.15) is 0 Å². The highest BCUT2D eigenvalue weighted by Gasteiger charge is 2.22. The summed E-state index contributed by atoms with van der Waals surface area (Å²) in [6.45, 7) is 1.89. The third-order valence-electron chi connectivity index (χ3n) is 5.18. The Kier molecular flexibility index (Phi) is 4.43. The van der Waals surface area contributed by atoms with E-state index < -0.39 is 19.9 Å². The molecule has 0 atom stereocenters. The first-order valence-corrected chi connectivity index (χ1v) is 12.8. The predicted molar refractivity (Wildman–Crippen MR) is 119 cm³/mol. The molecule has 0 amide bonds. The van der Waals surface area contributed by atoms with Crippen LogP contribution < -0.4 is 0 Å². The number of rotatable bonds is 4. The van der Waals surface area contributed by atoms with Gasteiger partial charge < -0.3 is 0 Å². The molecular formula is C21H17N5O4S2. The van der Waals surface area contributed by atoms with Crippen molar-refractivity contribution in [2.24, 2.45) is 0 Å². The number of aryl methyl sites for hydroxylation is 1. The highest BCUT2D eigenvalue weighted by Crippen LogP contribution is 2.27. The largest absolute Gasteiger partial charge is 0.269 e. The average molecular weight is 468 g/mol. The summed E-state index contributed by atoms with van der Waals surface area (Å²) < 4.78 is 52.3. The Morgan fingerprint density at radius 1 is 0.812 bits per heavy atom. The Bertz CT molecular complexity index is 1700. The number of hydrogen-bond donors (Lipinski definition) is 0. The molecular weight excluding hydrogens is 450 g/mol. The lowest BCUT2D eigenvalue weighted by molar-refractivity contribution is 0.588. The number of hydrogen-bond acceptors (Lipinski definition) is 7. The van der Waals surface area contributed by atoms with Gasteiger partial charge in [0.2, 0.25) is 0 Å². The maximum absolute atomic E-state index is 13.1. The van der Waals surface area contributed by atoms with Crippen LogP contribution in [0.2, 0.25) is 0 Å². The molecule has 162 valence electrons. The summed E-state index contributed by atoms with van der Waals surface area (Å²) in [5.74, 6) is 0. The maximum atomic E-state index is 13.1. The van der Waals surface area contributed by atoms with Crippen LogP contribution in [0.1, 0.15) is 5.56 Å². The van der Waals surface area contributed by atoms with Gasteiger partial charge in [0.05, 0.1) is 16.0 Å². The fourth-order valence-electron chi connectivity index (χ4n) is 3.47. The first-order valence-electron chi connectivity index (χ1n) is 9.50. The molecule has 3 aromatic heterocycles. The van der Waals surface area contributed by atoms with Crippen LogP contribution in [-0.2, 0) is 19.9 Å². The Labute approximate surface area is 183 Å². The van der Waals surface area contributed by atoms with Crippen LogP contribution in [0.3, 0.4) is 0 Å². The van der Waals surface area contributed by atoms with E-state index in [1.807, 2.05) is 6.92 Å². The van der Waals surface area contributed by atoms with Crippen LogP contribution in [0.5, 0.6) is 0 Å². The van der Waals surface area contributed by atoms with Crippen LogP contribution in [0.4, 0.5) is 0 Å². The molecule has 5 aromatic rings. The molecule has 5 rings (SSSR count). The molecule has 11 heteroatoms. The van der Waals surface area contributed by atoms with Crippen molar-refractivity contribution < 1.29 is 16.8 Å². The SMILES string of the molecule is Cc1ccc(S(=O)(=O)n2ccc3c2ncc2c(-c4ccc(S(C)(=O)=O)cc4)nnn23)cc1. The molecule has 0 spiro atoms. The summed E-state index contributed by atoms with van der Waals surface area (Å²) >= 11 is 0. The molecule has 0 aliphatic carbocycles. The third kappa shape index (κ3) is 3.17. The second-order valence-electron chi connectivity index (χ2n) is 7.43. The fraction of sp³-hybridized carbons (Fsp3) is 0.0952. The second-order valence-corrected chi connectivity index (χ2v) is 11.3. The zero-order valence-electron chi connectivity index (χ0n) is 17.0. The molecule has 32 heavy (non-hydrogen) atoms. The Hall–Kier alpha value is -3.57. The maximum Gasteiger partial charge on any atom is 0.269 e. The second kappa shape index (κ2) is 6.97. The van der Waals surface area contributed by atoms with E-state index in [1.165, 1.54) is 29.0 Å². The first kappa shape index (κ1) is 20.3. The van der Waals surface area contributed by atoms with Crippen molar-refractivity contribution in [3.8, 4) is 11.3 Å². The minimum atomic E-state index is -3.84. The van der Waals surface area contributed by atoms with Gasteiger partial charge in [0.15, 0.2) is 15.5 Å². The fourth-order valence-corrected chi connectivity index (χ4v) is 5.40. The van der Waals surface area contributed by atoms with E-state index in [2.05, 4.69) is 15.3 Å². The van der Waals surface area contributed by atoms with E-state index >= 15 is 0 Å². The van der Waals surface area contributed by atoms with Crippen molar-refractivity contribution in [2.75, 3.05) is 6.26 Å². The lowest BCUT2D eigenvalue weighted by Gasteiger charge is -2.07. The monoisotopic (exact) mass is 467 g/mol. The smallest absolute Gasteiger partial charge is 0.234 e. The topological polar surface area (TPSA) is 116 Å². The van der Waals surface area contributed by atoms with E-state index in [0.717, 1.165) is 15.8 Å². The summed E-state index contributed by atoms with van der Waals surface area (Å²) in [7, 11) is -7.15. The number of fused-ring (bicyclic) bond motifs is 3. The van der Waals surface area contributed by atoms with Crippen LogP contribution in [0, 0.1) is 6.92 Å². The van der Waals surface area contributed by atoms with Crippen molar-refractivity contribution in [1.82, 2.24) is 23.8 Å². The Balaban J connectivity index is 1.63. The van der Waals surface area contributed by atoms with Crippen molar-refractivity contribution in [2.45, 2.75) is 16.7 Å². The molecule has 0 saturated heterocycles. The summed E-state index contributed by atoms with van der Waals surface area (Å²) in [5.41, 5.74) is 3.40. The van der Waals surface area contributed by atoms with Gasteiger partial charge in [0.1, 0.15) is 16.7 Å². The summed E-state index contributed by atoms with van der Waals surface area (Å²) in [5, 5.41) is 8.39. The zero-order valence-corrected chi connectivity index (χ0v) is 18.7. The normalized spacial score (nSPS) is 12.6. The lowest BCUT2D eigenvalue weighted by Crippen LogP contribution is -2.12. The lowest BCUT2D eigenvalue weighted by atomic mass is 10.1. The molecule has 0 aliphatic heterocycles. The number of benzene rings is 2. The zero-order chi connectivity index (χ0) is 22.7. The number of sulfone groups is 1. The molecule has 3 heterocycles. The van der Waals surface area contributed by atoms with Gasteiger partial charge in [-0.05, 0) is 37.3 Å². The quantitative estimate of drug-likeness (QED) is 0.399. The van der Waals surface area contributed by atoms with Crippen molar-refractivity contribution in [3.63, 3.8) is 0 Å². The average Bonchev–Trinajstić information content (AvgIpc) is 3.38. The van der Waals surface area contributed by atoms with Gasteiger partial charge in [-0.25, -0.2) is 30.3 Å². The molecule has 0 bridgehead atoms. The van der Waals surface area contributed by atoms with Gasteiger partial charge in [-0.15, -0.1) is 5.10 Å². The van der Waals surface area contributed by atoms with E-state index in [9.17, 15) is 16.8 Å². The minimum Gasteiger partial charge on any atom is -0.234 e. The van der Waals surface area contributed by atoms with Crippen molar-refractivity contribution >= 4 is 36.5 Å². The van der Waals surface area contributed by atoms with Crippen LogP contribution in [0.25, 0.3) is 27.9 Å². The Morgan fingerprint density at radius 2 is 1.47 bits per heavy atom. The summed E-state index contributed by atoms with van der Waals surface area (Å²) in [6.07, 6.45) is 4.09. The highest BCUT2D eigenvalue weighted by atomic mass is 32.2. The van der Waals surface area contributed by atoms with E-state index in [1.54, 1.807) is 42.5 Å². The van der Waals surface area contributed by atoms with Crippen LogP contribution in [0.15, 0.2) is 76.8 Å². The predicted octanol–water partition coefficient (Wildman–Crippen LogP) is 2.69. The van der Waals surface area contributed by atoms with Gasteiger partial charge >= 0.3 is 0 Å². The highest BCUT2D eigenvalue weighted by molar-refractivity contribution is 7.90. The van der Waals surface area contributed by atoms with Crippen molar-refractivity contribution in [3.05, 3.63) is 72.6 Å². The summed E-state index contributed by atoms with van der Waals surface area (Å²) in [4.78, 5) is 4.75. The molecule has 0 saturated carbocycles. The third-order valence-corrected chi connectivity index (χ3v) is 7.99. The van der Waals surface area contributed by atoms with E-state index in [4.69, 9.17) is 0 Å². The molecule has 0 unspecified atom stereocenters. The standard InChI is InChI=1S/C21H17N5O4S2/c1-14-3-7-17(8-4-14)32(29,30)25-12-11-18-21(25)22-13-19-20(23-24-26(18)19)15-5-9-16(10-6-15)31(2,27)28/h3-13H,1-2H3. The minimum absolute atomic E-state index is 0.160. The molecule has 9 nitrogen and oxygen atoms in total. The molecule has 2 aromatic carbocycles. The van der Waals surface area contributed by atoms with E-state index in [-0.39, 0.29) is 15.4 Å². The summed E-state index contributed by atoms with van der Waals surface area (Å²) in [6, 6.07) is 14.5. The van der Waals surface area contributed by atoms with Gasteiger partial charge in [-0.3, -0.25) is 0 Å². The number of nitrogens with zero attached hydrogens (tertiary/aromatic N) is 5. The van der Waals surface area contributed by atoms with Gasteiger partial charge in [-0.1, -0.05) is 35.0 Å². The van der Waals surface area contributed by atoms with Crippen LogP contribution in [-0.4, -0.2) is 46.9 Å². The molecule has 0 fully saturated rings. The number of aromatic nitrogens is 5. The van der Waals surface area contributed by atoms with E-state index in [0.29, 0.717) is 22.3 Å². The Morgan fingerprint density at radius 3 is 2.12 bits per heavy atom. The molecule has 0 radical (unpaired) electrons. The van der Waals surface area contributed by atoms with Crippen LogP contribution >= 0.6 is 0 Å². The van der Waals surface area contributed by atoms with Crippen molar-refractivity contribution in [1.29, 1.82) is 0 Å². The van der Waals surface area contributed by atoms with Gasteiger partial charge in [0, 0.05) is 18.0 Å². The first-order chi connectivity index (χ1) is 15.2. The molecule has 0 N–H and O–H groups in total.